The molecule has 2 aromatic rings. The zero-order valence-electron chi connectivity index (χ0n) is 10.8. The minimum absolute atomic E-state index is 0.148. The molecule has 0 aliphatic rings. The Kier molecular flexibility index (Phi) is 4.25. The molecule has 0 heterocycles. The van der Waals surface area contributed by atoms with E-state index in [1.807, 2.05) is 0 Å². The summed E-state index contributed by atoms with van der Waals surface area (Å²) in [7, 11) is 0. The third-order valence-corrected chi connectivity index (χ3v) is 3.11. The van der Waals surface area contributed by atoms with Crippen LogP contribution in [-0.2, 0) is 11.3 Å². The molecule has 2 rings (SSSR count). The second-order valence-corrected chi connectivity index (χ2v) is 4.82. The van der Waals surface area contributed by atoms with E-state index in [2.05, 4.69) is 0 Å². The number of hydrogen-bond acceptors (Lipinski definition) is 3. The van der Waals surface area contributed by atoms with Crippen LogP contribution in [0, 0.1) is 12.7 Å². The van der Waals surface area contributed by atoms with E-state index in [1.54, 1.807) is 31.2 Å². The standard InChI is InChI=1S/C15H13ClFNO2/c1-9-6-10(3-5-14(9)18)15(19)20-8-11-2-4-12(16)7-13(11)17/h2-7H,8,18H2,1H3. The van der Waals surface area contributed by atoms with Gasteiger partial charge in [0, 0.05) is 16.3 Å². The first-order valence-corrected chi connectivity index (χ1v) is 6.32. The molecule has 5 heteroatoms. The molecule has 2 N–H and O–H groups in total. The van der Waals surface area contributed by atoms with Crippen molar-refractivity contribution in [1.82, 2.24) is 0 Å². The number of hydrogen-bond donors (Lipinski definition) is 1. The van der Waals surface area contributed by atoms with E-state index in [-0.39, 0.29) is 12.2 Å². The number of rotatable bonds is 3. The van der Waals surface area contributed by atoms with Crippen LogP contribution in [0.15, 0.2) is 36.4 Å². The molecule has 0 fully saturated rings. The van der Waals surface area contributed by atoms with Crippen molar-refractivity contribution in [3.05, 3.63) is 63.9 Å². The normalized spacial score (nSPS) is 10.3. The summed E-state index contributed by atoms with van der Waals surface area (Å²) in [4.78, 5) is 11.8. The number of anilines is 1. The third-order valence-electron chi connectivity index (χ3n) is 2.88. The van der Waals surface area contributed by atoms with Crippen molar-refractivity contribution in [1.29, 1.82) is 0 Å². The van der Waals surface area contributed by atoms with E-state index in [0.717, 1.165) is 5.56 Å². The Morgan fingerprint density at radius 1 is 1.30 bits per heavy atom. The molecule has 0 atom stereocenters. The molecular formula is C15H13ClFNO2. The zero-order valence-corrected chi connectivity index (χ0v) is 11.6. The summed E-state index contributed by atoms with van der Waals surface area (Å²) < 4.78 is 18.6. The minimum atomic E-state index is -0.526. The number of carbonyl (C=O) groups excluding carboxylic acids is 1. The SMILES string of the molecule is Cc1cc(C(=O)OCc2ccc(Cl)cc2F)ccc1N. The predicted octanol–water partition coefficient (Wildman–Crippen LogP) is 3.73. The Hall–Kier alpha value is -2.07. The molecule has 0 aliphatic carbocycles. The van der Waals surface area contributed by atoms with Crippen LogP contribution in [0.3, 0.4) is 0 Å². The second kappa shape index (κ2) is 5.92. The van der Waals surface area contributed by atoms with E-state index < -0.39 is 11.8 Å². The molecule has 104 valence electrons. The van der Waals surface area contributed by atoms with Gasteiger partial charge in [-0.25, -0.2) is 9.18 Å². The number of ether oxygens (including phenoxy) is 1. The van der Waals surface area contributed by atoms with Crippen molar-refractivity contribution in [3.8, 4) is 0 Å². The summed E-state index contributed by atoms with van der Waals surface area (Å²) in [5.41, 5.74) is 7.72. The van der Waals surface area contributed by atoms with Crippen LogP contribution >= 0.6 is 11.6 Å². The van der Waals surface area contributed by atoms with E-state index in [9.17, 15) is 9.18 Å². The number of aryl methyl sites for hydroxylation is 1. The number of benzene rings is 2. The highest BCUT2D eigenvalue weighted by Gasteiger charge is 2.10. The highest BCUT2D eigenvalue weighted by Crippen LogP contribution is 2.17. The van der Waals surface area contributed by atoms with Gasteiger partial charge >= 0.3 is 5.97 Å². The average molecular weight is 294 g/mol. The molecule has 0 spiro atoms. The van der Waals surface area contributed by atoms with Gasteiger partial charge in [-0.1, -0.05) is 17.7 Å². The van der Waals surface area contributed by atoms with Crippen LogP contribution in [0.2, 0.25) is 5.02 Å². The highest BCUT2D eigenvalue weighted by atomic mass is 35.5. The van der Waals surface area contributed by atoms with Crippen LogP contribution in [0.4, 0.5) is 10.1 Å². The van der Waals surface area contributed by atoms with Gasteiger partial charge in [0.1, 0.15) is 12.4 Å². The van der Waals surface area contributed by atoms with Gasteiger partial charge in [0.25, 0.3) is 0 Å². The Morgan fingerprint density at radius 2 is 2.05 bits per heavy atom. The van der Waals surface area contributed by atoms with Crippen LogP contribution < -0.4 is 5.73 Å². The van der Waals surface area contributed by atoms with Crippen molar-refractivity contribution >= 4 is 23.3 Å². The van der Waals surface area contributed by atoms with Gasteiger partial charge in [-0.3, -0.25) is 0 Å². The first-order chi connectivity index (χ1) is 9.47. The second-order valence-electron chi connectivity index (χ2n) is 4.38. The van der Waals surface area contributed by atoms with E-state index in [1.165, 1.54) is 12.1 Å². The topological polar surface area (TPSA) is 52.3 Å². The van der Waals surface area contributed by atoms with Gasteiger partial charge in [0.2, 0.25) is 0 Å². The van der Waals surface area contributed by atoms with Gasteiger partial charge < -0.3 is 10.5 Å². The lowest BCUT2D eigenvalue weighted by atomic mass is 10.1. The summed E-state index contributed by atoms with van der Waals surface area (Å²) in [6, 6.07) is 9.05. The van der Waals surface area contributed by atoms with Gasteiger partial charge in [0.05, 0.1) is 5.56 Å². The molecule has 0 aromatic heterocycles. The van der Waals surface area contributed by atoms with Gasteiger partial charge in [0.15, 0.2) is 0 Å². The number of nitrogen functional groups attached to an aromatic ring is 1. The molecule has 3 nitrogen and oxygen atoms in total. The summed E-state index contributed by atoms with van der Waals surface area (Å²) in [5.74, 6) is -1.03. The molecule has 2 aromatic carbocycles. The fourth-order valence-corrected chi connectivity index (χ4v) is 1.83. The van der Waals surface area contributed by atoms with Crippen LogP contribution in [0.5, 0.6) is 0 Å². The largest absolute Gasteiger partial charge is 0.457 e. The summed E-state index contributed by atoms with van der Waals surface area (Å²) in [5, 5.41) is 0.298. The van der Waals surface area contributed by atoms with Crippen molar-refractivity contribution in [2.75, 3.05) is 5.73 Å². The maximum absolute atomic E-state index is 13.5. The van der Waals surface area contributed by atoms with Crippen molar-refractivity contribution < 1.29 is 13.9 Å². The van der Waals surface area contributed by atoms with Gasteiger partial charge in [-0.2, -0.15) is 0 Å². The van der Waals surface area contributed by atoms with Crippen molar-refractivity contribution in [2.45, 2.75) is 13.5 Å². The Morgan fingerprint density at radius 3 is 2.70 bits per heavy atom. The molecule has 0 bridgehead atoms. The van der Waals surface area contributed by atoms with E-state index >= 15 is 0 Å². The Bertz CT molecular complexity index is 658. The lowest BCUT2D eigenvalue weighted by molar-refractivity contribution is 0.0469. The lowest BCUT2D eigenvalue weighted by Crippen LogP contribution is -2.07. The molecule has 20 heavy (non-hydrogen) atoms. The summed E-state index contributed by atoms with van der Waals surface area (Å²) >= 11 is 5.65. The van der Waals surface area contributed by atoms with Crippen molar-refractivity contribution in [2.24, 2.45) is 0 Å². The summed E-state index contributed by atoms with van der Waals surface area (Å²) in [6.45, 7) is 1.65. The number of esters is 1. The fraction of sp³-hybridized carbons (Fsp3) is 0.133. The monoisotopic (exact) mass is 293 g/mol. The predicted molar refractivity (Wildman–Crippen MR) is 76.1 cm³/mol. The first kappa shape index (κ1) is 14.3. The van der Waals surface area contributed by atoms with Gasteiger partial charge in [-0.15, -0.1) is 0 Å². The molecule has 0 saturated carbocycles. The molecule has 0 radical (unpaired) electrons. The molecule has 0 saturated heterocycles. The smallest absolute Gasteiger partial charge is 0.338 e. The Balaban J connectivity index is 2.06. The quantitative estimate of drug-likeness (QED) is 0.693. The van der Waals surface area contributed by atoms with Crippen LogP contribution in [0.25, 0.3) is 0 Å². The molecule has 0 amide bonds. The lowest BCUT2D eigenvalue weighted by Gasteiger charge is -2.07. The average Bonchev–Trinajstić information content (AvgIpc) is 2.40. The number of nitrogens with two attached hydrogens (primary N) is 1. The van der Waals surface area contributed by atoms with E-state index in [4.69, 9.17) is 22.1 Å². The van der Waals surface area contributed by atoms with Crippen LogP contribution in [0.1, 0.15) is 21.5 Å². The molecule has 0 unspecified atom stereocenters. The molecule has 0 aliphatic heterocycles. The number of carbonyl (C=O) groups is 1. The highest BCUT2D eigenvalue weighted by molar-refractivity contribution is 6.30. The maximum atomic E-state index is 13.5. The fourth-order valence-electron chi connectivity index (χ4n) is 1.67. The minimum Gasteiger partial charge on any atom is -0.457 e. The number of halogens is 2. The maximum Gasteiger partial charge on any atom is 0.338 e. The third kappa shape index (κ3) is 3.27. The molecular weight excluding hydrogens is 281 g/mol. The first-order valence-electron chi connectivity index (χ1n) is 5.94. The van der Waals surface area contributed by atoms with Crippen LogP contribution in [-0.4, -0.2) is 5.97 Å². The Labute approximate surface area is 121 Å². The van der Waals surface area contributed by atoms with Crippen molar-refractivity contribution in [3.63, 3.8) is 0 Å². The van der Waals surface area contributed by atoms with E-state index in [0.29, 0.717) is 16.3 Å². The summed E-state index contributed by atoms with van der Waals surface area (Å²) in [6.07, 6.45) is 0. The zero-order chi connectivity index (χ0) is 14.7. The van der Waals surface area contributed by atoms with Gasteiger partial charge in [-0.05, 0) is 42.8 Å².